The Morgan fingerprint density at radius 3 is 2.56 bits per heavy atom. The highest BCUT2D eigenvalue weighted by molar-refractivity contribution is 7.99. The van der Waals surface area contributed by atoms with Gasteiger partial charge < -0.3 is 4.74 Å². The van der Waals surface area contributed by atoms with E-state index in [1.165, 1.54) is 18.7 Å². The molecule has 3 aromatic rings. The molecule has 0 bridgehead atoms. The van der Waals surface area contributed by atoms with Gasteiger partial charge in [-0.3, -0.25) is 4.79 Å². The van der Waals surface area contributed by atoms with Crippen LogP contribution < -0.4 is 0 Å². The van der Waals surface area contributed by atoms with Crippen molar-refractivity contribution in [3.05, 3.63) is 71.9 Å². The summed E-state index contributed by atoms with van der Waals surface area (Å²) in [6.45, 7) is 7.43. The molecule has 2 aromatic carbocycles. The lowest BCUT2D eigenvalue weighted by Gasteiger charge is -2.13. The minimum Gasteiger partial charge on any atom is -0.454 e. The number of hydrogen-bond acceptors (Lipinski definition) is 4. The monoisotopic (exact) mass is 398 g/mol. The Balaban J connectivity index is 1.93. The van der Waals surface area contributed by atoms with Gasteiger partial charge in [0.15, 0.2) is 5.15 Å². The number of carbonyl (C=O) groups excluding carboxylic acids is 1. The molecule has 0 unspecified atom stereocenters. The molecule has 0 radical (unpaired) electrons. The summed E-state index contributed by atoms with van der Waals surface area (Å²) in [6.07, 6.45) is 0. The largest absolute Gasteiger partial charge is 0.454 e. The number of rotatable bonds is 6. The zero-order valence-electron chi connectivity index (χ0n) is 15.1. The first-order valence-electron chi connectivity index (χ1n) is 8.33. The number of aromatic nitrogens is 2. The van der Waals surface area contributed by atoms with E-state index in [2.05, 4.69) is 11.7 Å². The van der Waals surface area contributed by atoms with Crippen molar-refractivity contribution in [1.82, 2.24) is 9.78 Å². The number of benzene rings is 2. The van der Waals surface area contributed by atoms with E-state index in [4.69, 9.17) is 16.3 Å². The molecule has 1 aromatic heterocycles. The number of halogens is 1. The third kappa shape index (κ3) is 4.62. The number of para-hydroxylation sites is 1. The third-order valence-electron chi connectivity index (χ3n) is 3.91. The molecule has 1 heterocycles. The Kier molecular flexibility index (Phi) is 6.04. The maximum Gasteiger partial charge on any atom is 0.303 e. The van der Waals surface area contributed by atoms with Gasteiger partial charge in [-0.15, -0.1) is 0 Å². The van der Waals surface area contributed by atoms with Crippen LogP contribution in [0.3, 0.4) is 0 Å². The maximum absolute atomic E-state index is 10.9. The van der Waals surface area contributed by atoms with Gasteiger partial charge in [-0.05, 0) is 30.7 Å². The van der Waals surface area contributed by atoms with Crippen molar-refractivity contribution in [3.8, 4) is 16.9 Å². The fourth-order valence-electron chi connectivity index (χ4n) is 2.66. The van der Waals surface area contributed by atoms with Crippen molar-refractivity contribution in [3.63, 3.8) is 0 Å². The van der Waals surface area contributed by atoms with Crippen LogP contribution in [-0.4, -0.2) is 21.7 Å². The quantitative estimate of drug-likeness (QED) is 0.297. The molecule has 3 rings (SSSR count). The highest BCUT2D eigenvalue weighted by Crippen LogP contribution is 2.30. The second-order valence-electron chi connectivity index (χ2n) is 5.98. The fourth-order valence-corrected chi connectivity index (χ4v) is 3.53. The number of nitrogens with zero attached hydrogens (tertiary/aromatic N) is 2. The van der Waals surface area contributed by atoms with Crippen LogP contribution in [0, 0.1) is 0 Å². The summed E-state index contributed by atoms with van der Waals surface area (Å²) in [5.74, 6) is 0.0126. The molecular formula is C21H19ClN2O2S. The van der Waals surface area contributed by atoms with Gasteiger partial charge in [-0.25, -0.2) is 4.68 Å². The van der Waals surface area contributed by atoms with Crippen LogP contribution in [0.4, 0.5) is 0 Å². The first kappa shape index (κ1) is 19.3. The molecule has 0 amide bonds. The van der Waals surface area contributed by atoms with Crippen molar-refractivity contribution < 1.29 is 9.53 Å². The van der Waals surface area contributed by atoms with E-state index < -0.39 is 0 Å². The second kappa shape index (κ2) is 8.46. The smallest absolute Gasteiger partial charge is 0.303 e. The molecule has 0 spiro atoms. The lowest BCUT2D eigenvalue weighted by molar-refractivity contribution is -0.138. The van der Waals surface area contributed by atoms with Gasteiger partial charge in [0.1, 0.15) is 5.94 Å². The molecule has 4 nitrogen and oxygen atoms in total. The van der Waals surface area contributed by atoms with Crippen LogP contribution in [-0.2, 0) is 9.53 Å². The van der Waals surface area contributed by atoms with Gasteiger partial charge in [0, 0.05) is 29.0 Å². The average Bonchev–Trinajstić information content (AvgIpc) is 3.03. The number of esters is 1. The van der Waals surface area contributed by atoms with Gasteiger partial charge in [0.2, 0.25) is 0 Å². The molecule has 6 heteroatoms. The molecule has 0 aliphatic carbocycles. The van der Waals surface area contributed by atoms with E-state index in [-0.39, 0.29) is 5.97 Å². The van der Waals surface area contributed by atoms with E-state index in [0.29, 0.717) is 11.1 Å². The predicted octanol–water partition coefficient (Wildman–Crippen LogP) is 5.84. The Labute approximate surface area is 167 Å². The number of allylic oxidation sites excluding steroid dienone is 1. The number of hydrogen-bond donors (Lipinski definition) is 0. The summed E-state index contributed by atoms with van der Waals surface area (Å²) in [7, 11) is 0. The second-order valence-corrected chi connectivity index (χ2v) is 7.37. The number of thioether (sulfide) groups is 1. The molecular weight excluding hydrogens is 380 g/mol. The van der Waals surface area contributed by atoms with Crippen LogP contribution in [0.5, 0.6) is 0 Å². The van der Waals surface area contributed by atoms with Crippen LogP contribution in [0.2, 0.25) is 5.15 Å². The lowest BCUT2D eigenvalue weighted by atomic mass is 10.1. The van der Waals surface area contributed by atoms with Crippen molar-refractivity contribution >= 4 is 34.9 Å². The van der Waals surface area contributed by atoms with Crippen LogP contribution in [0.1, 0.15) is 19.4 Å². The minimum absolute atomic E-state index is 0.283. The van der Waals surface area contributed by atoms with Gasteiger partial charge in [0.25, 0.3) is 0 Å². The molecule has 0 aliphatic heterocycles. The van der Waals surface area contributed by atoms with Crippen LogP contribution in [0.25, 0.3) is 22.5 Å². The van der Waals surface area contributed by atoms with Gasteiger partial charge in [-0.1, -0.05) is 60.3 Å². The standard InChI is InChI=1S/C21H19ClN2O2S/c1-14(2)18-6-4-5-7-19(18)24-20(12-21(22)23-24)16-8-10-17(11-9-16)27-13-26-15(3)25/h4-12H,1,13H2,2-3H3. The Hall–Kier alpha value is -2.50. The number of carbonyl (C=O) groups is 1. The SMILES string of the molecule is C=C(C)c1ccccc1-n1nc(Cl)cc1-c1ccc(SCOC(C)=O)cc1. The van der Waals surface area contributed by atoms with Gasteiger partial charge in [0.05, 0.1) is 11.4 Å². The molecule has 0 fully saturated rings. The molecule has 0 atom stereocenters. The number of ether oxygens (including phenoxy) is 1. The molecule has 0 saturated carbocycles. The molecule has 0 aliphatic rings. The normalized spacial score (nSPS) is 10.6. The third-order valence-corrected chi connectivity index (χ3v) is 4.94. The van der Waals surface area contributed by atoms with Gasteiger partial charge >= 0.3 is 5.97 Å². The average molecular weight is 399 g/mol. The van der Waals surface area contributed by atoms with E-state index in [1.807, 2.05) is 66.2 Å². The zero-order valence-corrected chi connectivity index (χ0v) is 16.7. The molecule has 0 saturated heterocycles. The molecule has 27 heavy (non-hydrogen) atoms. The van der Waals surface area contributed by atoms with Crippen LogP contribution in [0.15, 0.2) is 66.1 Å². The summed E-state index contributed by atoms with van der Waals surface area (Å²) >= 11 is 7.68. The first-order valence-corrected chi connectivity index (χ1v) is 9.69. The molecule has 0 N–H and O–H groups in total. The van der Waals surface area contributed by atoms with Crippen molar-refractivity contribution in [2.75, 3.05) is 5.94 Å². The van der Waals surface area contributed by atoms with Crippen molar-refractivity contribution in [2.24, 2.45) is 0 Å². The van der Waals surface area contributed by atoms with E-state index >= 15 is 0 Å². The zero-order chi connectivity index (χ0) is 19.4. The maximum atomic E-state index is 10.9. The van der Waals surface area contributed by atoms with E-state index in [1.54, 1.807) is 0 Å². The van der Waals surface area contributed by atoms with E-state index in [0.717, 1.165) is 33.0 Å². The Morgan fingerprint density at radius 2 is 1.89 bits per heavy atom. The summed E-state index contributed by atoms with van der Waals surface area (Å²) in [5, 5.41) is 4.90. The Morgan fingerprint density at radius 1 is 1.19 bits per heavy atom. The van der Waals surface area contributed by atoms with Crippen LogP contribution >= 0.6 is 23.4 Å². The summed E-state index contributed by atoms with van der Waals surface area (Å²) < 4.78 is 6.80. The van der Waals surface area contributed by atoms with Crippen molar-refractivity contribution in [2.45, 2.75) is 18.7 Å². The molecule has 138 valence electrons. The summed E-state index contributed by atoms with van der Waals surface area (Å²) in [6, 6.07) is 17.8. The van der Waals surface area contributed by atoms with E-state index in [9.17, 15) is 4.79 Å². The highest BCUT2D eigenvalue weighted by Gasteiger charge is 2.14. The first-order chi connectivity index (χ1) is 13.0. The predicted molar refractivity (Wildman–Crippen MR) is 111 cm³/mol. The van der Waals surface area contributed by atoms with Crippen molar-refractivity contribution in [1.29, 1.82) is 0 Å². The Bertz CT molecular complexity index is 980. The summed E-state index contributed by atoms with van der Waals surface area (Å²) in [5.41, 5.74) is 4.79. The lowest BCUT2D eigenvalue weighted by Crippen LogP contribution is -2.02. The fraction of sp³-hybridized carbons (Fsp3) is 0.143. The van der Waals surface area contributed by atoms with Gasteiger partial charge in [-0.2, -0.15) is 5.10 Å². The highest BCUT2D eigenvalue weighted by atomic mass is 35.5. The topological polar surface area (TPSA) is 44.1 Å². The summed E-state index contributed by atoms with van der Waals surface area (Å²) in [4.78, 5) is 11.9. The minimum atomic E-state index is -0.283.